The van der Waals surface area contributed by atoms with Crippen molar-refractivity contribution in [2.75, 3.05) is 13.1 Å². The molecule has 3 heterocycles. The zero-order valence-electron chi connectivity index (χ0n) is 16.6. The Morgan fingerprint density at radius 1 is 0.897 bits per heavy atom. The van der Waals surface area contributed by atoms with Gasteiger partial charge in [0, 0.05) is 36.2 Å². The van der Waals surface area contributed by atoms with Gasteiger partial charge in [0.15, 0.2) is 0 Å². The fourth-order valence-corrected chi connectivity index (χ4v) is 4.55. The van der Waals surface area contributed by atoms with E-state index in [2.05, 4.69) is 74.7 Å². The van der Waals surface area contributed by atoms with Gasteiger partial charge in [-0.05, 0) is 48.7 Å². The Kier molecular flexibility index (Phi) is 5.10. The topological polar surface area (TPSA) is 44.8 Å². The van der Waals surface area contributed by atoms with Crippen molar-refractivity contribution in [2.24, 2.45) is 0 Å². The molecule has 1 fully saturated rings. The first-order valence-electron chi connectivity index (χ1n) is 10.5. The van der Waals surface area contributed by atoms with E-state index in [9.17, 15) is 0 Å². The standard InChI is InChI=1S/C25H26N4/c1-2-6-19(7-3-1)16-23-17-27-28-25(23)21-11-14-29(15-12-21)18-22-9-4-8-20-10-5-13-26-24(20)22/h1-10,13,17,21H,11-12,14-16,18H2,(H,27,28). The summed E-state index contributed by atoms with van der Waals surface area (Å²) < 4.78 is 0. The van der Waals surface area contributed by atoms with Crippen LogP contribution in [0.2, 0.25) is 0 Å². The quantitative estimate of drug-likeness (QED) is 0.532. The number of benzene rings is 2. The van der Waals surface area contributed by atoms with Gasteiger partial charge in [0.25, 0.3) is 0 Å². The summed E-state index contributed by atoms with van der Waals surface area (Å²) in [7, 11) is 0. The van der Waals surface area contributed by atoms with Crippen LogP contribution in [0.5, 0.6) is 0 Å². The van der Waals surface area contributed by atoms with Crippen LogP contribution < -0.4 is 0 Å². The van der Waals surface area contributed by atoms with Gasteiger partial charge in [-0.2, -0.15) is 5.10 Å². The molecule has 4 aromatic rings. The third-order valence-corrected chi connectivity index (χ3v) is 6.09. The lowest BCUT2D eigenvalue weighted by Crippen LogP contribution is -2.32. The monoisotopic (exact) mass is 382 g/mol. The lowest BCUT2D eigenvalue weighted by molar-refractivity contribution is 0.203. The highest BCUT2D eigenvalue weighted by Crippen LogP contribution is 2.31. The fourth-order valence-electron chi connectivity index (χ4n) is 4.55. The van der Waals surface area contributed by atoms with Crippen LogP contribution in [0, 0.1) is 0 Å². The molecule has 0 amide bonds. The zero-order chi connectivity index (χ0) is 19.5. The molecule has 4 nitrogen and oxygen atoms in total. The molecule has 0 bridgehead atoms. The third-order valence-electron chi connectivity index (χ3n) is 6.09. The predicted octanol–water partition coefficient (Wildman–Crippen LogP) is 4.93. The van der Waals surface area contributed by atoms with Crippen LogP contribution in [-0.2, 0) is 13.0 Å². The van der Waals surface area contributed by atoms with Crippen molar-refractivity contribution in [2.45, 2.75) is 31.7 Å². The summed E-state index contributed by atoms with van der Waals surface area (Å²) in [5, 5.41) is 8.90. The molecule has 1 aliphatic heterocycles. The van der Waals surface area contributed by atoms with E-state index in [0.717, 1.165) is 31.6 Å². The smallest absolute Gasteiger partial charge is 0.0746 e. The molecule has 29 heavy (non-hydrogen) atoms. The number of aromatic amines is 1. The summed E-state index contributed by atoms with van der Waals surface area (Å²) in [6.45, 7) is 3.19. The van der Waals surface area contributed by atoms with Crippen molar-refractivity contribution in [3.8, 4) is 0 Å². The first-order chi connectivity index (χ1) is 14.4. The van der Waals surface area contributed by atoms with Gasteiger partial charge < -0.3 is 0 Å². The number of H-pyrrole nitrogens is 1. The SMILES string of the molecule is c1ccc(Cc2cn[nH]c2C2CCN(Cc3cccc4cccnc34)CC2)cc1. The number of pyridine rings is 1. The van der Waals surface area contributed by atoms with E-state index in [1.54, 1.807) is 0 Å². The number of aromatic nitrogens is 3. The number of hydrogen-bond acceptors (Lipinski definition) is 3. The highest BCUT2D eigenvalue weighted by atomic mass is 15.1. The van der Waals surface area contributed by atoms with Crippen molar-refractivity contribution in [3.63, 3.8) is 0 Å². The van der Waals surface area contributed by atoms with Crippen LogP contribution in [0.4, 0.5) is 0 Å². The molecule has 0 radical (unpaired) electrons. The highest BCUT2D eigenvalue weighted by Gasteiger charge is 2.24. The molecule has 5 rings (SSSR count). The first kappa shape index (κ1) is 18.1. The number of nitrogens with zero attached hydrogens (tertiary/aromatic N) is 3. The predicted molar refractivity (Wildman–Crippen MR) is 117 cm³/mol. The molecule has 0 unspecified atom stereocenters. The summed E-state index contributed by atoms with van der Waals surface area (Å²) in [4.78, 5) is 7.18. The van der Waals surface area contributed by atoms with E-state index in [4.69, 9.17) is 0 Å². The molecule has 2 aromatic carbocycles. The van der Waals surface area contributed by atoms with E-state index in [1.165, 1.54) is 40.6 Å². The fraction of sp³-hybridized carbons (Fsp3) is 0.280. The van der Waals surface area contributed by atoms with E-state index >= 15 is 0 Å². The second-order valence-corrected chi connectivity index (χ2v) is 8.01. The molecule has 4 heteroatoms. The van der Waals surface area contributed by atoms with Gasteiger partial charge in [0.05, 0.1) is 11.7 Å². The van der Waals surface area contributed by atoms with Crippen molar-refractivity contribution in [1.82, 2.24) is 20.1 Å². The normalized spacial score (nSPS) is 15.7. The zero-order valence-corrected chi connectivity index (χ0v) is 16.6. The number of para-hydroxylation sites is 1. The van der Waals surface area contributed by atoms with Crippen LogP contribution >= 0.6 is 0 Å². The lowest BCUT2D eigenvalue weighted by Gasteiger charge is -2.32. The Balaban J connectivity index is 1.25. The summed E-state index contributed by atoms with van der Waals surface area (Å²) in [6.07, 6.45) is 7.19. The van der Waals surface area contributed by atoms with Crippen LogP contribution in [0.25, 0.3) is 10.9 Å². The highest BCUT2D eigenvalue weighted by molar-refractivity contribution is 5.81. The Labute approximate surface area is 171 Å². The van der Waals surface area contributed by atoms with E-state index in [0.29, 0.717) is 5.92 Å². The van der Waals surface area contributed by atoms with Gasteiger partial charge in [-0.1, -0.05) is 54.6 Å². The van der Waals surface area contributed by atoms with E-state index < -0.39 is 0 Å². The van der Waals surface area contributed by atoms with Crippen LogP contribution in [0.15, 0.2) is 73.1 Å². The molecule has 2 aromatic heterocycles. The van der Waals surface area contributed by atoms with Crippen molar-refractivity contribution < 1.29 is 0 Å². The first-order valence-corrected chi connectivity index (χ1v) is 10.5. The molecule has 1 saturated heterocycles. The third kappa shape index (κ3) is 3.94. The Morgan fingerprint density at radius 3 is 2.59 bits per heavy atom. The second-order valence-electron chi connectivity index (χ2n) is 8.01. The summed E-state index contributed by atoms with van der Waals surface area (Å²) in [5.41, 5.74) is 6.48. The Morgan fingerprint density at radius 2 is 1.72 bits per heavy atom. The lowest BCUT2D eigenvalue weighted by atomic mass is 9.89. The van der Waals surface area contributed by atoms with Gasteiger partial charge in [-0.3, -0.25) is 15.0 Å². The van der Waals surface area contributed by atoms with Gasteiger partial charge in [0.2, 0.25) is 0 Å². The molecule has 1 N–H and O–H groups in total. The van der Waals surface area contributed by atoms with Crippen molar-refractivity contribution >= 4 is 10.9 Å². The minimum absolute atomic E-state index is 0.568. The number of rotatable bonds is 5. The molecule has 0 spiro atoms. The van der Waals surface area contributed by atoms with Gasteiger partial charge >= 0.3 is 0 Å². The average Bonchev–Trinajstić information content (AvgIpc) is 3.23. The summed E-state index contributed by atoms with van der Waals surface area (Å²) in [5.74, 6) is 0.568. The number of nitrogens with one attached hydrogen (secondary N) is 1. The molecule has 0 saturated carbocycles. The average molecular weight is 383 g/mol. The van der Waals surface area contributed by atoms with Gasteiger partial charge in [-0.25, -0.2) is 0 Å². The van der Waals surface area contributed by atoms with Crippen LogP contribution in [0.3, 0.4) is 0 Å². The Hall–Kier alpha value is -2.98. The van der Waals surface area contributed by atoms with E-state index in [1.807, 2.05) is 18.5 Å². The second kappa shape index (κ2) is 8.18. The molecular weight excluding hydrogens is 356 g/mol. The van der Waals surface area contributed by atoms with E-state index in [-0.39, 0.29) is 0 Å². The largest absolute Gasteiger partial charge is 0.299 e. The molecule has 0 atom stereocenters. The molecule has 146 valence electrons. The minimum atomic E-state index is 0.568. The van der Waals surface area contributed by atoms with Gasteiger partial charge in [-0.15, -0.1) is 0 Å². The van der Waals surface area contributed by atoms with Crippen LogP contribution in [0.1, 0.15) is 41.1 Å². The maximum absolute atomic E-state index is 4.61. The summed E-state index contributed by atoms with van der Waals surface area (Å²) in [6, 6.07) is 21.3. The molecule has 1 aliphatic rings. The number of likely N-dealkylation sites (tertiary alicyclic amines) is 1. The number of fused-ring (bicyclic) bond motifs is 1. The Bertz CT molecular complexity index is 1070. The molecular formula is C25H26N4. The summed E-state index contributed by atoms with van der Waals surface area (Å²) >= 11 is 0. The minimum Gasteiger partial charge on any atom is -0.299 e. The molecule has 0 aliphatic carbocycles. The van der Waals surface area contributed by atoms with Gasteiger partial charge in [0.1, 0.15) is 0 Å². The van der Waals surface area contributed by atoms with Crippen LogP contribution in [-0.4, -0.2) is 33.2 Å². The van der Waals surface area contributed by atoms with Crippen molar-refractivity contribution in [3.05, 3.63) is 95.4 Å². The maximum atomic E-state index is 4.61. The number of piperidine rings is 1. The van der Waals surface area contributed by atoms with Crippen molar-refractivity contribution in [1.29, 1.82) is 0 Å². The number of hydrogen-bond donors (Lipinski definition) is 1. The maximum Gasteiger partial charge on any atom is 0.0746 e.